The molecule has 0 aliphatic carbocycles. The topological polar surface area (TPSA) is 75.7 Å². The molecule has 0 bridgehead atoms. The van der Waals surface area contributed by atoms with E-state index in [1.165, 1.54) is 0 Å². The van der Waals surface area contributed by atoms with Gasteiger partial charge in [0.25, 0.3) is 0 Å². The van der Waals surface area contributed by atoms with Crippen LogP contribution in [-0.4, -0.2) is 32.7 Å². The van der Waals surface area contributed by atoms with Crippen LogP contribution in [-0.2, 0) is 20.2 Å². The summed E-state index contributed by atoms with van der Waals surface area (Å²) in [6.45, 7) is 12.0. The molecule has 2 aromatic carbocycles. The number of hydrogen-bond acceptors (Lipinski definition) is 4. The first kappa shape index (κ1) is 24.1. The lowest BCUT2D eigenvalue weighted by Gasteiger charge is -2.38. The van der Waals surface area contributed by atoms with Crippen molar-refractivity contribution >= 4 is 21.6 Å². The number of nitrogens with one attached hydrogen (secondary N) is 1. The number of amides is 1. The number of sulfonamides is 1. The molecule has 7 heteroatoms. The average molecular weight is 459 g/mol. The Labute approximate surface area is 192 Å². The zero-order valence-corrected chi connectivity index (χ0v) is 20.8. The second-order valence-corrected chi connectivity index (χ2v) is 12.2. The van der Waals surface area contributed by atoms with E-state index >= 15 is 0 Å². The normalized spacial score (nSPS) is 17.8. The average Bonchev–Trinajstić information content (AvgIpc) is 2.63. The first-order valence-corrected chi connectivity index (χ1v) is 12.7. The summed E-state index contributed by atoms with van der Waals surface area (Å²) in [4.78, 5) is 13.0. The summed E-state index contributed by atoms with van der Waals surface area (Å²) in [6, 6.07) is 13.0. The smallest absolute Gasteiger partial charge is 0.241 e. The molecule has 0 radical (unpaired) electrons. The van der Waals surface area contributed by atoms with Gasteiger partial charge >= 0.3 is 0 Å². The number of nitrogens with zero attached hydrogens (tertiary/aromatic N) is 1. The predicted molar refractivity (Wildman–Crippen MR) is 129 cm³/mol. The molecule has 6 nitrogen and oxygen atoms in total. The van der Waals surface area contributed by atoms with Crippen LogP contribution in [0.3, 0.4) is 0 Å². The Morgan fingerprint density at radius 1 is 1.16 bits per heavy atom. The number of aryl methyl sites for hydroxylation is 1. The van der Waals surface area contributed by atoms with Crippen LogP contribution in [0.15, 0.2) is 42.5 Å². The molecule has 0 fully saturated rings. The molecule has 0 saturated carbocycles. The van der Waals surface area contributed by atoms with Gasteiger partial charge in [0.2, 0.25) is 15.9 Å². The number of fused-ring (bicyclic) bond motifs is 1. The first-order valence-electron chi connectivity index (χ1n) is 10.8. The third-order valence-electron chi connectivity index (χ3n) is 5.67. The minimum atomic E-state index is -3.64. The molecule has 1 unspecified atom stereocenters. The lowest BCUT2D eigenvalue weighted by molar-refractivity contribution is -0.120. The largest absolute Gasteiger partial charge is 0.487 e. The van der Waals surface area contributed by atoms with Gasteiger partial charge in [0, 0.05) is 12.0 Å². The fourth-order valence-corrected chi connectivity index (χ4v) is 4.84. The summed E-state index contributed by atoms with van der Waals surface area (Å²) >= 11 is 0. The molecule has 1 heterocycles. The summed E-state index contributed by atoms with van der Waals surface area (Å²) in [7, 11) is -3.64. The van der Waals surface area contributed by atoms with E-state index in [2.05, 4.69) is 26.1 Å². The van der Waals surface area contributed by atoms with Crippen molar-refractivity contribution in [1.82, 2.24) is 5.32 Å². The Balaban J connectivity index is 1.83. The Kier molecular flexibility index (Phi) is 6.35. The Bertz CT molecular complexity index is 1100. The van der Waals surface area contributed by atoms with Gasteiger partial charge in [-0.3, -0.25) is 9.10 Å². The molecule has 1 N–H and O–H groups in total. The maximum atomic E-state index is 13.0. The van der Waals surface area contributed by atoms with Crippen molar-refractivity contribution < 1.29 is 17.9 Å². The lowest BCUT2D eigenvalue weighted by atomic mass is 9.87. The summed E-state index contributed by atoms with van der Waals surface area (Å²) in [5.74, 6) is 0.397. The van der Waals surface area contributed by atoms with E-state index in [0.29, 0.717) is 12.1 Å². The Morgan fingerprint density at radius 2 is 1.78 bits per heavy atom. The first-order chi connectivity index (χ1) is 14.7. The van der Waals surface area contributed by atoms with E-state index in [1.54, 1.807) is 12.1 Å². The number of anilines is 1. The Morgan fingerprint density at radius 3 is 2.34 bits per heavy atom. The standard InChI is InChI=1S/C25H34N2O4S/c1-17-8-13-20-21(15-25(5,6)31-22(20)14-17)26-23(28)16-27(32(7,29)30)19-11-9-18(10-12-19)24(2,3)4/h8-14,21H,15-16H2,1-7H3,(H,26,28). The fraction of sp³-hybridized carbons (Fsp3) is 0.480. The number of carbonyl (C=O) groups excluding carboxylic acids is 1. The van der Waals surface area contributed by atoms with E-state index in [4.69, 9.17) is 4.74 Å². The minimum absolute atomic E-state index is 0.0482. The van der Waals surface area contributed by atoms with Crippen LogP contribution >= 0.6 is 0 Å². The zero-order chi connectivity index (χ0) is 23.9. The number of ether oxygens (including phenoxy) is 1. The van der Waals surface area contributed by atoms with Crippen molar-refractivity contribution in [1.29, 1.82) is 0 Å². The highest BCUT2D eigenvalue weighted by Gasteiger charge is 2.35. The molecular formula is C25H34N2O4S. The molecule has 0 saturated heterocycles. The zero-order valence-electron chi connectivity index (χ0n) is 20.0. The fourth-order valence-electron chi connectivity index (χ4n) is 3.99. The molecule has 3 rings (SSSR count). The van der Waals surface area contributed by atoms with Crippen molar-refractivity contribution in [3.8, 4) is 5.75 Å². The molecular weight excluding hydrogens is 424 g/mol. The van der Waals surface area contributed by atoms with Crippen LogP contribution in [0.25, 0.3) is 0 Å². The summed E-state index contributed by atoms with van der Waals surface area (Å²) in [5.41, 5.74) is 3.05. The van der Waals surface area contributed by atoms with Gasteiger partial charge in [-0.05, 0) is 55.5 Å². The van der Waals surface area contributed by atoms with Gasteiger partial charge in [-0.25, -0.2) is 8.42 Å². The van der Waals surface area contributed by atoms with E-state index in [-0.39, 0.29) is 23.9 Å². The lowest BCUT2D eigenvalue weighted by Crippen LogP contribution is -2.45. The molecule has 1 aliphatic rings. The highest BCUT2D eigenvalue weighted by Crippen LogP contribution is 2.40. The van der Waals surface area contributed by atoms with Crippen LogP contribution in [0.2, 0.25) is 0 Å². The van der Waals surface area contributed by atoms with Crippen molar-refractivity contribution in [3.05, 3.63) is 59.2 Å². The van der Waals surface area contributed by atoms with E-state index in [1.807, 2.05) is 51.1 Å². The highest BCUT2D eigenvalue weighted by atomic mass is 32.2. The van der Waals surface area contributed by atoms with Crippen molar-refractivity contribution in [2.75, 3.05) is 17.1 Å². The third-order valence-corrected chi connectivity index (χ3v) is 6.81. The van der Waals surface area contributed by atoms with Gasteiger partial charge in [-0.15, -0.1) is 0 Å². The minimum Gasteiger partial charge on any atom is -0.487 e. The van der Waals surface area contributed by atoms with Gasteiger partial charge in [-0.1, -0.05) is 45.0 Å². The number of carbonyl (C=O) groups is 1. The van der Waals surface area contributed by atoms with E-state index < -0.39 is 15.6 Å². The predicted octanol–water partition coefficient (Wildman–Crippen LogP) is 4.48. The van der Waals surface area contributed by atoms with E-state index in [9.17, 15) is 13.2 Å². The van der Waals surface area contributed by atoms with E-state index in [0.717, 1.165) is 33.0 Å². The van der Waals surface area contributed by atoms with Crippen molar-refractivity contribution in [3.63, 3.8) is 0 Å². The van der Waals surface area contributed by atoms with Crippen LogP contribution < -0.4 is 14.4 Å². The summed E-state index contributed by atoms with van der Waals surface area (Å²) < 4.78 is 32.3. The maximum absolute atomic E-state index is 13.0. The van der Waals surface area contributed by atoms with Gasteiger partial charge in [0.05, 0.1) is 18.0 Å². The quantitative estimate of drug-likeness (QED) is 0.717. The van der Waals surface area contributed by atoms with Crippen LogP contribution in [0, 0.1) is 6.92 Å². The molecule has 0 spiro atoms. The molecule has 1 amide bonds. The number of benzene rings is 2. The third kappa shape index (κ3) is 5.63. The molecule has 32 heavy (non-hydrogen) atoms. The van der Waals surface area contributed by atoms with Gasteiger partial charge in [-0.2, -0.15) is 0 Å². The highest BCUT2D eigenvalue weighted by molar-refractivity contribution is 7.92. The van der Waals surface area contributed by atoms with Gasteiger partial charge in [0.1, 0.15) is 17.9 Å². The second kappa shape index (κ2) is 8.43. The molecule has 1 aliphatic heterocycles. The second-order valence-electron chi connectivity index (χ2n) is 10.3. The van der Waals surface area contributed by atoms with Crippen LogP contribution in [0.4, 0.5) is 5.69 Å². The van der Waals surface area contributed by atoms with Crippen molar-refractivity contribution in [2.24, 2.45) is 0 Å². The monoisotopic (exact) mass is 458 g/mol. The number of rotatable bonds is 5. The maximum Gasteiger partial charge on any atom is 0.241 e. The molecule has 0 aromatic heterocycles. The molecule has 174 valence electrons. The van der Waals surface area contributed by atoms with Crippen molar-refractivity contribution in [2.45, 2.75) is 65.0 Å². The number of hydrogen-bond donors (Lipinski definition) is 1. The Hall–Kier alpha value is -2.54. The van der Waals surface area contributed by atoms with Gasteiger partial charge in [0.15, 0.2) is 0 Å². The summed E-state index contributed by atoms with van der Waals surface area (Å²) in [6.07, 6.45) is 1.71. The molecule has 1 atom stereocenters. The summed E-state index contributed by atoms with van der Waals surface area (Å²) in [5, 5.41) is 3.03. The van der Waals surface area contributed by atoms with Gasteiger partial charge < -0.3 is 10.1 Å². The van der Waals surface area contributed by atoms with Crippen LogP contribution in [0.5, 0.6) is 5.75 Å². The SMILES string of the molecule is Cc1ccc2c(c1)OC(C)(C)CC2NC(=O)CN(c1ccc(C(C)(C)C)cc1)S(C)(=O)=O. The van der Waals surface area contributed by atoms with Crippen LogP contribution in [0.1, 0.15) is 63.8 Å². The molecule has 2 aromatic rings.